The van der Waals surface area contributed by atoms with Crippen LogP contribution in [0.15, 0.2) is 53.3 Å². The number of nitrogens with zero attached hydrogens (tertiary/aromatic N) is 4. The van der Waals surface area contributed by atoms with Crippen LogP contribution in [0, 0.1) is 10.1 Å². The molecule has 0 spiro atoms. The molecule has 3 heterocycles. The molecule has 1 aliphatic heterocycles. The number of fused-ring (bicyclic) bond motifs is 1. The van der Waals surface area contributed by atoms with Gasteiger partial charge in [0.2, 0.25) is 0 Å². The van der Waals surface area contributed by atoms with Crippen molar-refractivity contribution >= 4 is 5.82 Å². The maximum atomic E-state index is 10.9. The zero-order chi connectivity index (χ0) is 17.9. The van der Waals surface area contributed by atoms with Crippen LogP contribution >= 0.6 is 0 Å². The molecule has 0 aliphatic carbocycles. The second-order valence-corrected chi connectivity index (χ2v) is 6.13. The predicted molar refractivity (Wildman–Crippen MR) is 93.8 cm³/mol. The minimum atomic E-state index is -0.500. The zero-order valence-corrected chi connectivity index (χ0v) is 14.1. The Kier molecular flexibility index (Phi) is 4.40. The van der Waals surface area contributed by atoms with E-state index in [2.05, 4.69) is 22.0 Å². The van der Waals surface area contributed by atoms with Crippen molar-refractivity contribution in [3.05, 3.63) is 64.5 Å². The second-order valence-electron chi connectivity index (χ2n) is 6.13. The van der Waals surface area contributed by atoms with Crippen LogP contribution in [0.5, 0.6) is 6.01 Å². The van der Waals surface area contributed by atoms with E-state index < -0.39 is 4.92 Å². The van der Waals surface area contributed by atoms with Crippen molar-refractivity contribution in [2.24, 2.45) is 0 Å². The van der Waals surface area contributed by atoms with Gasteiger partial charge in [0, 0.05) is 36.7 Å². The molecule has 0 N–H and O–H groups in total. The largest absolute Gasteiger partial charge is 0.464 e. The van der Waals surface area contributed by atoms with Crippen molar-refractivity contribution in [1.29, 1.82) is 0 Å². The van der Waals surface area contributed by atoms with Gasteiger partial charge in [-0.2, -0.15) is 0 Å². The van der Waals surface area contributed by atoms with Gasteiger partial charge in [-0.3, -0.25) is 9.47 Å². The number of ether oxygens (including phenoxy) is 1. The molecule has 26 heavy (non-hydrogen) atoms. The molecule has 2 aromatic heterocycles. The Hall–Kier alpha value is -3.13. The molecule has 0 saturated carbocycles. The summed E-state index contributed by atoms with van der Waals surface area (Å²) in [6, 6.07) is 12.4. The molecule has 0 saturated heterocycles. The number of hydrogen-bond donors (Lipinski definition) is 0. The standard InChI is InChI=1S/C18H18N4O4/c23-22(24)17-13-21-8-7-20(9-11-26-18(21)19-17)12-14-3-5-15(6-4-14)16-2-1-10-25-16/h1-6,10,13H,7-9,11-12H2. The van der Waals surface area contributed by atoms with E-state index in [1.807, 2.05) is 24.3 Å². The topological polar surface area (TPSA) is 86.6 Å². The van der Waals surface area contributed by atoms with Gasteiger partial charge in [-0.05, 0) is 22.6 Å². The third kappa shape index (κ3) is 3.45. The van der Waals surface area contributed by atoms with Crippen LogP contribution in [0.2, 0.25) is 0 Å². The molecule has 0 bridgehead atoms. The lowest BCUT2D eigenvalue weighted by atomic mass is 10.1. The van der Waals surface area contributed by atoms with Crippen molar-refractivity contribution in [3.8, 4) is 17.3 Å². The molecule has 8 heteroatoms. The number of aromatic nitrogens is 2. The first-order chi connectivity index (χ1) is 12.7. The maximum absolute atomic E-state index is 10.9. The highest BCUT2D eigenvalue weighted by atomic mass is 16.6. The monoisotopic (exact) mass is 354 g/mol. The lowest BCUT2D eigenvalue weighted by Gasteiger charge is -2.24. The van der Waals surface area contributed by atoms with Gasteiger partial charge in [0.15, 0.2) is 0 Å². The number of rotatable bonds is 4. The molecule has 1 aromatic carbocycles. The SMILES string of the molecule is O=[N+]([O-])c1cn2c(n1)OCCN(Cc1ccc(-c3ccco3)cc1)CC2. The van der Waals surface area contributed by atoms with E-state index in [4.69, 9.17) is 9.15 Å². The average molecular weight is 354 g/mol. The Morgan fingerprint density at radius 2 is 2.00 bits per heavy atom. The number of imidazole rings is 1. The normalized spacial score (nSPS) is 14.9. The van der Waals surface area contributed by atoms with Crippen LogP contribution in [0.1, 0.15) is 5.56 Å². The first-order valence-corrected chi connectivity index (χ1v) is 8.38. The highest BCUT2D eigenvalue weighted by Crippen LogP contribution is 2.22. The number of furan rings is 1. The fourth-order valence-electron chi connectivity index (χ4n) is 3.01. The summed E-state index contributed by atoms with van der Waals surface area (Å²) in [5, 5.41) is 10.9. The predicted octanol–water partition coefficient (Wildman–Crippen LogP) is 2.95. The third-order valence-corrected chi connectivity index (χ3v) is 4.38. The number of nitro groups is 1. The molecule has 0 atom stereocenters. The first-order valence-electron chi connectivity index (χ1n) is 8.38. The number of benzene rings is 1. The Labute approximate surface area is 149 Å². The minimum Gasteiger partial charge on any atom is -0.464 e. The highest BCUT2D eigenvalue weighted by molar-refractivity contribution is 5.57. The summed E-state index contributed by atoms with van der Waals surface area (Å²) >= 11 is 0. The Morgan fingerprint density at radius 1 is 1.15 bits per heavy atom. The molecular weight excluding hydrogens is 336 g/mol. The minimum absolute atomic E-state index is 0.179. The molecule has 0 amide bonds. The summed E-state index contributed by atoms with van der Waals surface area (Å²) < 4.78 is 12.7. The molecule has 1 aliphatic rings. The molecule has 4 rings (SSSR count). The highest BCUT2D eigenvalue weighted by Gasteiger charge is 2.22. The van der Waals surface area contributed by atoms with Crippen molar-refractivity contribution in [3.63, 3.8) is 0 Å². The van der Waals surface area contributed by atoms with E-state index in [0.717, 1.165) is 31.0 Å². The van der Waals surface area contributed by atoms with Crippen molar-refractivity contribution in [1.82, 2.24) is 14.5 Å². The van der Waals surface area contributed by atoms with Crippen LogP contribution in [-0.2, 0) is 13.1 Å². The first kappa shape index (κ1) is 16.3. The van der Waals surface area contributed by atoms with E-state index in [0.29, 0.717) is 19.2 Å². The summed E-state index contributed by atoms with van der Waals surface area (Å²) in [5.41, 5.74) is 2.24. The molecule has 3 aromatic rings. The van der Waals surface area contributed by atoms with Gasteiger partial charge < -0.3 is 19.3 Å². The van der Waals surface area contributed by atoms with Gasteiger partial charge >= 0.3 is 11.8 Å². The fourth-order valence-corrected chi connectivity index (χ4v) is 3.01. The lowest BCUT2D eigenvalue weighted by molar-refractivity contribution is -0.389. The van der Waals surface area contributed by atoms with E-state index in [-0.39, 0.29) is 5.82 Å². The second kappa shape index (κ2) is 7.01. The van der Waals surface area contributed by atoms with E-state index in [9.17, 15) is 10.1 Å². The Bertz CT molecular complexity index is 887. The quantitative estimate of drug-likeness (QED) is 0.529. The Morgan fingerprint density at radius 3 is 2.73 bits per heavy atom. The molecule has 0 fully saturated rings. The van der Waals surface area contributed by atoms with Gasteiger partial charge in [0.05, 0.1) is 6.26 Å². The lowest BCUT2D eigenvalue weighted by Crippen LogP contribution is -2.33. The van der Waals surface area contributed by atoms with E-state index in [1.165, 1.54) is 11.8 Å². The summed E-state index contributed by atoms with van der Waals surface area (Å²) in [5.74, 6) is 0.674. The van der Waals surface area contributed by atoms with Gasteiger partial charge in [-0.25, -0.2) is 0 Å². The summed E-state index contributed by atoms with van der Waals surface area (Å²) in [7, 11) is 0. The van der Waals surface area contributed by atoms with Crippen LogP contribution in [-0.4, -0.2) is 39.1 Å². The fraction of sp³-hybridized carbons (Fsp3) is 0.278. The van der Waals surface area contributed by atoms with Gasteiger partial charge in [0.1, 0.15) is 18.6 Å². The smallest absolute Gasteiger partial charge is 0.414 e. The average Bonchev–Trinajstić information content (AvgIpc) is 3.28. The molecule has 0 radical (unpaired) electrons. The van der Waals surface area contributed by atoms with E-state index >= 15 is 0 Å². The molecular formula is C18H18N4O4. The summed E-state index contributed by atoms with van der Waals surface area (Å²) in [4.78, 5) is 16.5. The Balaban J connectivity index is 1.42. The third-order valence-electron chi connectivity index (χ3n) is 4.38. The molecule has 8 nitrogen and oxygen atoms in total. The van der Waals surface area contributed by atoms with Crippen molar-refractivity contribution in [2.45, 2.75) is 13.1 Å². The summed E-state index contributed by atoms with van der Waals surface area (Å²) in [6.45, 7) is 3.33. The van der Waals surface area contributed by atoms with Crippen LogP contribution < -0.4 is 4.74 Å². The summed E-state index contributed by atoms with van der Waals surface area (Å²) in [6.07, 6.45) is 3.09. The van der Waals surface area contributed by atoms with Crippen molar-refractivity contribution < 1.29 is 14.1 Å². The molecule has 0 unspecified atom stereocenters. The van der Waals surface area contributed by atoms with Gasteiger partial charge in [-0.15, -0.1) is 0 Å². The van der Waals surface area contributed by atoms with Gasteiger partial charge in [0.25, 0.3) is 0 Å². The zero-order valence-electron chi connectivity index (χ0n) is 14.1. The maximum Gasteiger partial charge on any atom is 0.414 e. The van der Waals surface area contributed by atoms with Crippen LogP contribution in [0.4, 0.5) is 5.82 Å². The number of hydrogen-bond acceptors (Lipinski definition) is 6. The van der Waals surface area contributed by atoms with Crippen LogP contribution in [0.25, 0.3) is 11.3 Å². The van der Waals surface area contributed by atoms with Crippen molar-refractivity contribution in [2.75, 3.05) is 19.7 Å². The van der Waals surface area contributed by atoms with Crippen LogP contribution in [0.3, 0.4) is 0 Å². The molecule has 134 valence electrons. The van der Waals surface area contributed by atoms with Gasteiger partial charge in [-0.1, -0.05) is 24.3 Å². The van der Waals surface area contributed by atoms with E-state index in [1.54, 1.807) is 10.8 Å².